The van der Waals surface area contributed by atoms with E-state index in [1.807, 2.05) is 17.4 Å². The number of hydrogen-bond acceptors (Lipinski definition) is 3. The first-order chi connectivity index (χ1) is 27.5. The van der Waals surface area contributed by atoms with Gasteiger partial charge in [-0.25, -0.2) is 9.97 Å². The van der Waals surface area contributed by atoms with E-state index in [0.29, 0.717) is 5.82 Å². The Hall–Kier alpha value is -6.68. The molecule has 10 aromatic rings. The lowest BCUT2D eigenvalue weighted by Gasteiger charge is -2.22. The molecule has 0 atom stereocenters. The Labute approximate surface area is 330 Å². The molecule has 0 N–H and O–H groups in total. The van der Waals surface area contributed by atoms with Gasteiger partial charge in [-0.3, -0.25) is 0 Å². The van der Waals surface area contributed by atoms with Crippen LogP contribution in [-0.4, -0.2) is 9.97 Å². The van der Waals surface area contributed by atoms with E-state index >= 15 is 0 Å². The van der Waals surface area contributed by atoms with Gasteiger partial charge in [0.25, 0.3) is 0 Å². The number of benzene rings is 8. The highest BCUT2D eigenvalue weighted by Gasteiger charge is 2.36. The molecule has 0 aliphatic heterocycles. The zero-order valence-corrected chi connectivity index (χ0v) is 31.9. The van der Waals surface area contributed by atoms with Crippen LogP contribution in [0.3, 0.4) is 0 Å². The number of hydrogen-bond donors (Lipinski definition) is 0. The Morgan fingerprint density at radius 1 is 0.375 bits per heavy atom. The molecule has 1 aliphatic carbocycles. The average molecular weight is 733 g/mol. The molecule has 0 spiro atoms. The normalized spacial score (nSPS) is 13.0. The van der Waals surface area contributed by atoms with Gasteiger partial charge in [0.05, 0.1) is 11.4 Å². The number of fused-ring (bicyclic) bond motifs is 7. The molecular weight excluding hydrogens is 697 g/mol. The quantitative estimate of drug-likeness (QED) is 0.176. The van der Waals surface area contributed by atoms with Crippen molar-refractivity contribution in [2.45, 2.75) is 19.3 Å². The maximum absolute atomic E-state index is 5.31. The van der Waals surface area contributed by atoms with Crippen molar-refractivity contribution in [1.29, 1.82) is 0 Å². The fourth-order valence-corrected chi connectivity index (χ4v) is 9.77. The van der Waals surface area contributed by atoms with Crippen LogP contribution in [0.5, 0.6) is 0 Å². The molecule has 0 amide bonds. The second kappa shape index (κ2) is 12.7. The van der Waals surface area contributed by atoms with Crippen molar-refractivity contribution in [2.75, 3.05) is 0 Å². The molecule has 0 saturated carbocycles. The Morgan fingerprint density at radius 2 is 0.964 bits per heavy atom. The van der Waals surface area contributed by atoms with E-state index in [2.05, 4.69) is 190 Å². The van der Waals surface area contributed by atoms with E-state index in [0.717, 1.165) is 39.2 Å². The monoisotopic (exact) mass is 732 g/mol. The first-order valence-electron chi connectivity index (χ1n) is 19.2. The second-order valence-corrected chi connectivity index (χ2v) is 16.5. The van der Waals surface area contributed by atoms with Crippen molar-refractivity contribution in [3.8, 4) is 67.3 Å². The third-order valence-corrected chi connectivity index (χ3v) is 12.8. The fourth-order valence-electron chi connectivity index (χ4n) is 8.69. The molecule has 8 aromatic carbocycles. The third kappa shape index (κ3) is 5.38. The summed E-state index contributed by atoms with van der Waals surface area (Å²) in [7, 11) is 0. The van der Waals surface area contributed by atoms with Gasteiger partial charge in [-0.2, -0.15) is 0 Å². The van der Waals surface area contributed by atoms with Gasteiger partial charge >= 0.3 is 0 Å². The van der Waals surface area contributed by atoms with Crippen molar-refractivity contribution >= 4 is 42.3 Å². The van der Waals surface area contributed by atoms with Gasteiger partial charge in [0.1, 0.15) is 0 Å². The zero-order chi connectivity index (χ0) is 37.4. The average Bonchev–Trinajstić information content (AvgIpc) is 3.74. The molecule has 0 saturated heterocycles. The van der Waals surface area contributed by atoms with Crippen LogP contribution in [0, 0.1) is 0 Å². The van der Waals surface area contributed by atoms with Gasteiger partial charge < -0.3 is 0 Å². The van der Waals surface area contributed by atoms with Crippen molar-refractivity contribution in [3.63, 3.8) is 0 Å². The Kier molecular flexibility index (Phi) is 7.42. The van der Waals surface area contributed by atoms with Gasteiger partial charge in [-0.05, 0) is 116 Å². The predicted molar refractivity (Wildman–Crippen MR) is 237 cm³/mol. The maximum Gasteiger partial charge on any atom is 0.160 e. The van der Waals surface area contributed by atoms with E-state index in [4.69, 9.17) is 9.97 Å². The minimum absolute atomic E-state index is 0.156. The Bertz CT molecular complexity index is 3160. The topological polar surface area (TPSA) is 25.8 Å². The minimum atomic E-state index is -0.156. The third-order valence-electron chi connectivity index (χ3n) is 11.6. The van der Waals surface area contributed by atoms with Crippen LogP contribution in [0.25, 0.3) is 98.2 Å². The molecule has 0 bridgehead atoms. The van der Waals surface area contributed by atoms with E-state index in [1.54, 1.807) is 0 Å². The highest BCUT2D eigenvalue weighted by atomic mass is 32.1. The van der Waals surface area contributed by atoms with Crippen LogP contribution in [0.4, 0.5) is 0 Å². The first kappa shape index (κ1) is 32.7. The summed E-state index contributed by atoms with van der Waals surface area (Å²) in [6, 6.07) is 66.1. The van der Waals surface area contributed by atoms with Crippen molar-refractivity contribution in [1.82, 2.24) is 9.97 Å². The summed E-state index contributed by atoms with van der Waals surface area (Å²) < 4.78 is 2.61. The van der Waals surface area contributed by atoms with Crippen LogP contribution in [0.1, 0.15) is 25.0 Å². The second-order valence-electron chi connectivity index (χ2n) is 15.4. The summed E-state index contributed by atoms with van der Waals surface area (Å²) in [6.45, 7) is 4.70. The lowest BCUT2D eigenvalue weighted by Crippen LogP contribution is -2.15. The molecule has 0 unspecified atom stereocenters. The molecule has 56 heavy (non-hydrogen) atoms. The van der Waals surface area contributed by atoms with Crippen LogP contribution in [-0.2, 0) is 5.41 Å². The number of aromatic nitrogens is 2. The summed E-state index contributed by atoms with van der Waals surface area (Å²) >= 11 is 1.85. The van der Waals surface area contributed by atoms with E-state index < -0.39 is 0 Å². The summed E-state index contributed by atoms with van der Waals surface area (Å²) in [6.07, 6.45) is 0. The molecule has 2 aromatic heterocycles. The standard InChI is InChI=1S/C53H36N2S/c1-53(2)46-31-38(21-23-42(46)44-28-35-17-9-10-18-36(35)30-47(44)53)48-32-49(55-52(54-48)34-15-7-4-8-16-34)41-26-39(33-13-5-3-6-14-33)25-40(27-41)37-22-24-51-45(29-37)43-19-11-12-20-50(43)56-51/h3-32H,1-2H3. The highest BCUT2D eigenvalue weighted by molar-refractivity contribution is 7.25. The van der Waals surface area contributed by atoms with Crippen LogP contribution < -0.4 is 0 Å². The molecule has 0 radical (unpaired) electrons. The minimum Gasteiger partial charge on any atom is -0.228 e. The lowest BCUT2D eigenvalue weighted by atomic mass is 9.81. The molecule has 2 nitrogen and oxygen atoms in total. The van der Waals surface area contributed by atoms with E-state index in [9.17, 15) is 0 Å². The largest absolute Gasteiger partial charge is 0.228 e. The molecule has 3 heteroatoms. The lowest BCUT2D eigenvalue weighted by molar-refractivity contribution is 0.661. The van der Waals surface area contributed by atoms with Gasteiger partial charge in [0, 0.05) is 42.3 Å². The van der Waals surface area contributed by atoms with E-state index in [-0.39, 0.29) is 5.41 Å². The fraction of sp³-hybridized carbons (Fsp3) is 0.0566. The van der Waals surface area contributed by atoms with Gasteiger partial charge in [0.2, 0.25) is 0 Å². The van der Waals surface area contributed by atoms with Crippen molar-refractivity contribution in [2.24, 2.45) is 0 Å². The molecular formula is C53H36N2S. The van der Waals surface area contributed by atoms with E-state index in [1.165, 1.54) is 64.3 Å². The highest BCUT2D eigenvalue weighted by Crippen LogP contribution is 2.51. The number of nitrogens with zero attached hydrogens (tertiary/aromatic N) is 2. The predicted octanol–water partition coefficient (Wildman–Crippen LogP) is 14.6. The zero-order valence-electron chi connectivity index (χ0n) is 31.1. The van der Waals surface area contributed by atoms with Crippen molar-refractivity contribution < 1.29 is 0 Å². The van der Waals surface area contributed by atoms with Gasteiger partial charge in [0.15, 0.2) is 5.82 Å². The Balaban J connectivity index is 1.10. The summed E-state index contributed by atoms with van der Waals surface area (Å²) in [5.41, 5.74) is 14.8. The van der Waals surface area contributed by atoms with Crippen molar-refractivity contribution in [3.05, 3.63) is 193 Å². The SMILES string of the molecule is CC1(C)c2cc(-c3cc(-c4cc(-c5ccccc5)cc(-c5ccc6sc7ccccc7c6c5)c4)nc(-c4ccccc4)n3)ccc2-c2cc3ccccc3cc21. The molecule has 11 rings (SSSR count). The van der Waals surface area contributed by atoms with Crippen LogP contribution >= 0.6 is 11.3 Å². The number of rotatable bonds is 5. The van der Waals surface area contributed by atoms with Crippen LogP contribution in [0.2, 0.25) is 0 Å². The van der Waals surface area contributed by atoms with Crippen LogP contribution in [0.15, 0.2) is 182 Å². The maximum atomic E-state index is 5.31. The summed E-state index contributed by atoms with van der Waals surface area (Å²) in [5.74, 6) is 0.713. The number of thiophene rings is 1. The molecule has 2 heterocycles. The summed E-state index contributed by atoms with van der Waals surface area (Å²) in [5, 5.41) is 5.14. The van der Waals surface area contributed by atoms with Gasteiger partial charge in [-0.1, -0.05) is 135 Å². The first-order valence-corrected chi connectivity index (χ1v) is 20.0. The van der Waals surface area contributed by atoms with Gasteiger partial charge in [-0.15, -0.1) is 11.3 Å². The smallest absolute Gasteiger partial charge is 0.160 e. The molecule has 1 aliphatic rings. The summed E-state index contributed by atoms with van der Waals surface area (Å²) in [4.78, 5) is 10.6. The molecule has 264 valence electrons. The Morgan fingerprint density at radius 3 is 1.75 bits per heavy atom. The molecule has 0 fully saturated rings.